The lowest BCUT2D eigenvalue weighted by molar-refractivity contribution is -0.137. The van der Waals surface area contributed by atoms with Crippen LogP contribution < -0.4 is 11.1 Å². The van der Waals surface area contributed by atoms with E-state index in [-0.39, 0.29) is 12.0 Å². The monoisotopic (exact) mass is 378 g/mol. The number of nitrogens with zero attached hydrogens (tertiary/aromatic N) is 4. The number of amides is 2. The minimum absolute atomic E-state index is 0.137. The normalized spacial score (nSPS) is 11.6. The first-order valence-electron chi connectivity index (χ1n) is 8.43. The molecule has 0 aliphatic heterocycles. The Balaban J connectivity index is 1.88. The Kier molecular flexibility index (Phi) is 5.54. The Morgan fingerprint density at radius 3 is 2.46 bits per heavy atom. The highest BCUT2D eigenvalue weighted by atomic mass is 16.2. The van der Waals surface area contributed by atoms with E-state index in [9.17, 15) is 14.4 Å². The van der Waals surface area contributed by atoms with Crippen LogP contribution in [0.2, 0.25) is 0 Å². The van der Waals surface area contributed by atoms with E-state index in [4.69, 9.17) is 5.73 Å². The summed E-state index contributed by atoms with van der Waals surface area (Å²) >= 11 is 0. The van der Waals surface area contributed by atoms with Crippen LogP contribution in [0.4, 0.5) is 0 Å². The van der Waals surface area contributed by atoms with Gasteiger partial charge >= 0.3 is 0 Å². The van der Waals surface area contributed by atoms with Crippen molar-refractivity contribution in [1.29, 1.82) is 0 Å². The number of nitrogens with two attached hydrogens (primary N) is 1. The molecule has 0 radical (unpaired) electrons. The Bertz CT molecular complexity index is 1000. The Hall–Kier alpha value is -3.88. The molecule has 1 aromatic carbocycles. The van der Waals surface area contributed by atoms with Crippen LogP contribution in [0.25, 0.3) is 11.3 Å². The average Bonchev–Trinajstić information content (AvgIpc) is 3.10. The summed E-state index contributed by atoms with van der Waals surface area (Å²) in [5.41, 5.74) is 7.09. The highest BCUT2D eigenvalue weighted by molar-refractivity contribution is 6.38. The number of Topliss-reactive ketones (excluding diaryl/α,β-unsaturated/α-hetero) is 1. The number of benzene rings is 1. The molecule has 0 saturated carbocycles. The summed E-state index contributed by atoms with van der Waals surface area (Å²) in [6.45, 7) is 0. The summed E-state index contributed by atoms with van der Waals surface area (Å²) in [5, 5.41) is 6.88. The Morgan fingerprint density at radius 1 is 1.14 bits per heavy atom. The van der Waals surface area contributed by atoms with Crippen molar-refractivity contribution in [2.45, 2.75) is 12.5 Å². The molecule has 0 bridgehead atoms. The van der Waals surface area contributed by atoms with E-state index in [2.05, 4.69) is 20.4 Å². The van der Waals surface area contributed by atoms with Gasteiger partial charge in [0.2, 0.25) is 5.78 Å². The van der Waals surface area contributed by atoms with Crippen molar-refractivity contribution in [1.82, 2.24) is 25.1 Å². The van der Waals surface area contributed by atoms with Gasteiger partial charge in [-0.3, -0.25) is 19.1 Å². The van der Waals surface area contributed by atoms with Gasteiger partial charge in [-0.2, -0.15) is 5.10 Å². The van der Waals surface area contributed by atoms with E-state index in [1.165, 1.54) is 29.6 Å². The summed E-state index contributed by atoms with van der Waals surface area (Å²) in [6, 6.07) is 7.94. The Labute approximate surface area is 160 Å². The van der Waals surface area contributed by atoms with E-state index in [0.717, 1.165) is 5.56 Å². The summed E-state index contributed by atoms with van der Waals surface area (Å²) in [6.07, 6.45) is 6.09. The van der Waals surface area contributed by atoms with Gasteiger partial charge in [-0.05, 0) is 5.56 Å². The molecule has 3 aromatic rings. The number of hydrogen-bond acceptors (Lipinski definition) is 6. The number of hydrogen-bond donors (Lipinski definition) is 2. The first-order chi connectivity index (χ1) is 13.5. The maximum atomic E-state index is 12.9. The van der Waals surface area contributed by atoms with E-state index < -0.39 is 23.6 Å². The number of rotatable bonds is 7. The quantitative estimate of drug-likeness (QED) is 0.567. The van der Waals surface area contributed by atoms with E-state index in [1.54, 1.807) is 31.3 Å². The molecule has 2 aromatic heterocycles. The van der Waals surface area contributed by atoms with Gasteiger partial charge in [0.15, 0.2) is 0 Å². The molecule has 0 spiro atoms. The zero-order chi connectivity index (χ0) is 20.1. The fourth-order valence-electron chi connectivity index (χ4n) is 2.76. The number of aryl methyl sites for hydroxylation is 1. The molecular formula is C19H18N6O3. The van der Waals surface area contributed by atoms with Gasteiger partial charge in [-0.1, -0.05) is 30.3 Å². The van der Waals surface area contributed by atoms with Crippen LogP contribution in [0, 0.1) is 0 Å². The fraction of sp³-hybridized carbons (Fsp3) is 0.158. The minimum atomic E-state index is -1.11. The summed E-state index contributed by atoms with van der Waals surface area (Å²) in [5.74, 6) is -2.53. The van der Waals surface area contributed by atoms with Crippen molar-refractivity contribution in [2.24, 2.45) is 12.8 Å². The number of ketones is 1. The molecule has 1 atom stereocenters. The van der Waals surface area contributed by atoms with Gasteiger partial charge in [-0.15, -0.1) is 0 Å². The van der Waals surface area contributed by atoms with E-state index >= 15 is 0 Å². The molecule has 3 N–H and O–H groups in total. The highest BCUT2D eigenvalue weighted by Crippen LogP contribution is 2.20. The molecule has 3 rings (SSSR count). The summed E-state index contributed by atoms with van der Waals surface area (Å²) in [7, 11) is 1.67. The van der Waals surface area contributed by atoms with E-state index in [1.807, 2.05) is 6.07 Å². The lowest BCUT2D eigenvalue weighted by atomic mass is 10.0. The lowest BCUT2D eigenvalue weighted by Crippen LogP contribution is -2.47. The molecule has 28 heavy (non-hydrogen) atoms. The van der Waals surface area contributed by atoms with Gasteiger partial charge < -0.3 is 11.1 Å². The minimum Gasteiger partial charge on any atom is -0.363 e. The van der Waals surface area contributed by atoms with Crippen LogP contribution in [0.15, 0.2) is 55.2 Å². The predicted molar refractivity (Wildman–Crippen MR) is 99.8 cm³/mol. The second-order valence-electron chi connectivity index (χ2n) is 6.14. The van der Waals surface area contributed by atoms with Crippen molar-refractivity contribution >= 4 is 17.6 Å². The molecule has 9 nitrogen and oxygen atoms in total. The van der Waals surface area contributed by atoms with Gasteiger partial charge in [0.1, 0.15) is 18.1 Å². The molecule has 1 unspecified atom stereocenters. The van der Waals surface area contributed by atoms with Gasteiger partial charge in [0, 0.05) is 37.6 Å². The van der Waals surface area contributed by atoms with Crippen LogP contribution >= 0.6 is 0 Å². The van der Waals surface area contributed by atoms with Crippen molar-refractivity contribution in [3.8, 4) is 11.3 Å². The van der Waals surface area contributed by atoms with Crippen LogP contribution in [0.5, 0.6) is 0 Å². The third-order valence-corrected chi connectivity index (χ3v) is 4.05. The predicted octanol–water partition coefficient (Wildman–Crippen LogP) is 0.273. The average molecular weight is 378 g/mol. The van der Waals surface area contributed by atoms with Crippen molar-refractivity contribution < 1.29 is 14.4 Å². The maximum absolute atomic E-state index is 12.9. The number of nitrogens with one attached hydrogen (secondary N) is 1. The maximum Gasteiger partial charge on any atom is 0.287 e. The third kappa shape index (κ3) is 4.26. The standard InChI is InChI=1S/C19H18N6O3/c1-25-10-14(16(24-25)13-8-21-11-22-9-13)19(28)23-15(17(26)18(20)27)7-12-5-3-2-4-6-12/h2-6,8-11,15H,7H2,1H3,(H2,20,27)(H,23,28). The molecule has 142 valence electrons. The van der Waals surface area contributed by atoms with Crippen LogP contribution in [0.3, 0.4) is 0 Å². The molecule has 2 heterocycles. The van der Waals surface area contributed by atoms with Crippen molar-refractivity contribution in [2.75, 3.05) is 0 Å². The van der Waals surface area contributed by atoms with Gasteiger partial charge in [-0.25, -0.2) is 9.97 Å². The van der Waals surface area contributed by atoms with Crippen LogP contribution in [-0.2, 0) is 23.1 Å². The first kappa shape index (κ1) is 18.9. The second-order valence-corrected chi connectivity index (χ2v) is 6.14. The number of aromatic nitrogens is 4. The lowest BCUT2D eigenvalue weighted by Gasteiger charge is -2.16. The zero-order valence-corrected chi connectivity index (χ0v) is 15.1. The zero-order valence-electron chi connectivity index (χ0n) is 15.1. The molecule has 2 amide bonds. The SMILES string of the molecule is Cn1cc(C(=O)NC(Cc2ccccc2)C(=O)C(N)=O)c(-c2cncnc2)n1. The van der Waals surface area contributed by atoms with E-state index in [0.29, 0.717) is 11.3 Å². The van der Waals surface area contributed by atoms with Gasteiger partial charge in [0.25, 0.3) is 11.8 Å². The fourth-order valence-corrected chi connectivity index (χ4v) is 2.76. The van der Waals surface area contributed by atoms with Gasteiger partial charge in [0.05, 0.1) is 5.56 Å². The molecular weight excluding hydrogens is 360 g/mol. The third-order valence-electron chi connectivity index (χ3n) is 4.05. The van der Waals surface area contributed by atoms with Crippen molar-refractivity contribution in [3.63, 3.8) is 0 Å². The second kappa shape index (κ2) is 8.21. The first-order valence-corrected chi connectivity index (χ1v) is 8.43. The largest absolute Gasteiger partial charge is 0.363 e. The summed E-state index contributed by atoms with van der Waals surface area (Å²) < 4.78 is 1.47. The molecule has 0 aliphatic rings. The van der Waals surface area contributed by atoms with Crippen LogP contribution in [0.1, 0.15) is 15.9 Å². The Morgan fingerprint density at radius 2 is 1.82 bits per heavy atom. The van der Waals surface area contributed by atoms with Crippen LogP contribution in [-0.4, -0.2) is 43.4 Å². The number of carbonyl (C=O) groups is 3. The topological polar surface area (TPSA) is 133 Å². The molecule has 0 fully saturated rings. The molecule has 9 heteroatoms. The highest BCUT2D eigenvalue weighted by Gasteiger charge is 2.27. The summed E-state index contributed by atoms with van der Waals surface area (Å²) in [4.78, 5) is 44.4. The smallest absolute Gasteiger partial charge is 0.287 e. The molecule has 0 saturated heterocycles. The number of carbonyl (C=O) groups excluding carboxylic acids is 3. The number of primary amides is 1. The van der Waals surface area contributed by atoms with Crippen molar-refractivity contribution in [3.05, 3.63) is 66.4 Å². The molecule has 0 aliphatic carbocycles.